The molecule has 8 nitrogen and oxygen atoms in total. The predicted molar refractivity (Wildman–Crippen MR) is 104 cm³/mol. The molecule has 3 heterocycles. The molecule has 8 heteroatoms. The van der Waals surface area contributed by atoms with Gasteiger partial charge in [-0.25, -0.2) is 0 Å². The number of fused-ring (bicyclic) bond motifs is 1. The molecule has 1 aliphatic heterocycles. The Balaban J connectivity index is 1.35. The summed E-state index contributed by atoms with van der Waals surface area (Å²) >= 11 is 0. The SMILES string of the molecule is N#CN1CC2C[C@]2(NC(=O)c2cc(-c3cnccc3Oc3ccccc3)n[nH]2)C1. The topological polar surface area (TPSA) is 107 Å². The van der Waals surface area contributed by atoms with Gasteiger partial charge >= 0.3 is 0 Å². The largest absolute Gasteiger partial charge is 0.457 e. The first-order valence-corrected chi connectivity index (χ1v) is 9.37. The average Bonchev–Trinajstić information content (AvgIpc) is 3.10. The van der Waals surface area contributed by atoms with Gasteiger partial charge in [0.1, 0.15) is 17.2 Å². The molecule has 1 aliphatic carbocycles. The highest BCUT2D eigenvalue weighted by Gasteiger charge is 2.61. The normalized spacial score (nSPS) is 21.9. The maximum Gasteiger partial charge on any atom is 0.269 e. The summed E-state index contributed by atoms with van der Waals surface area (Å²) in [4.78, 5) is 18.6. The van der Waals surface area contributed by atoms with Crippen LogP contribution >= 0.6 is 0 Å². The summed E-state index contributed by atoms with van der Waals surface area (Å²) in [5, 5.41) is 19.2. The molecule has 1 unspecified atom stereocenters. The van der Waals surface area contributed by atoms with E-state index in [1.807, 2.05) is 30.3 Å². The number of rotatable bonds is 5. The standard InChI is InChI=1S/C21H18N6O2/c22-13-27-11-14-9-21(14,12-27)24-20(28)18-8-17(25-26-18)16-10-23-7-6-19(16)29-15-4-2-1-3-5-15/h1-8,10,14H,9,11-12H2,(H,24,28)(H,25,26)/t14?,21-/m0/s1. The van der Waals surface area contributed by atoms with Crippen LogP contribution in [0.25, 0.3) is 11.3 Å². The van der Waals surface area contributed by atoms with Crippen LogP contribution in [0.1, 0.15) is 16.9 Å². The number of nitrogens with zero attached hydrogens (tertiary/aromatic N) is 4. The number of aromatic nitrogens is 3. The zero-order valence-corrected chi connectivity index (χ0v) is 15.5. The third-order valence-corrected chi connectivity index (χ3v) is 5.50. The lowest BCUT2D eigenvalue weighted by Gasteiger charge is -2.16. The fourth-order valence-electron chi connectivity index (χ4n) is 3.90. The van der Waals surface area contributed by atoms with Crippen LogP contribution in [-0.4, -0.2) is 44.6 Å². The molecule has 144 valence electrons. The van der Waals surface area contributed by atoms with Crippen LogP contribution in [0.5, 0.6) is 11.5 Å². The van der Waals surface area contributed by atoms with Gasteiger partial charge in [-0.15, -0.1) is 0 Å². The fraction of sp³-hybridized carbons (Fsp3) is 0.238. The number of amides is 1. The highest BCUT2D eigenvalue weighted by atomic mass is 16.5. The molecule has 1 amide bonds. The minimum Gasteiger partial charge on any atom is -0.457 e. The van der Waals surface area contributed by atoms with Crippen LogP contribution in [0.3, 0.4) is 0 Å². The number of hydrogen-bond donors (Lipinski definition) is 2. The number of pyridine rings is 1. The van der Waals surface area contributed by atoms with E-state index < -0.39 is 0 Å². The maximum absolute atomic E-state index is 12.7. The van der Waals surface area contributed by atoms with Crippen molar-refractivity contribution in [3.63, 3.8) is 0 Å². The summed E-state index contributed by atoms with van der Waals surface area (Å²) in [6, 6.07) is 12.9. The van der Waals surface area contributed by atoms with Crippen molar-refractivity contribution in [3.05, 3.63) is 60.6 Å². The average molecular weight is 386 g/mol. The lowest BCUT2D eigenvalue weighted by Crippen LogP contribution is -2.41. The van der Waals surface area contributed by atoms with Crippen molar-refractivity contribution < 1.29 is 9.53 Å². The smallest absolute Gasteiger partial charge is 0.269 e. The number of likely N-dealkylation sites (tertiary alicyclic amines) is 1. The number of H-pyrrole nitrogens is 1. The molecule has 5 rings (SSSR count). The Morgan fingerprint density at radius 2 is 2.21 bits per heavy atom. The van der Waals surface area contributed by atoms with Gasteiger partial charge in [-0.05, 0) is 30.7 Å². The van der Waals surface area contributed by atoms with E-state index in [1.165, 1.54) is 0 Å². The van der Waals surface area contributed by atoms with E-state index in [2.05, 4.69) is 26.7 Å². The molecule has 29 heavy (non-hydrogen) atoms. The molecule has 2 N–H and O–H groups in total. The van der Waals surface area contributed by atoms with E-state index in [-0.39, 0.29) is 11.4 Å². The second kappa shape index (κ2) is 6.63. The summed E-state index contributed by atoms with van der Waals surface area (Å²) < 4.78 is 5.96. The van der Waals surface area contributed by atoms with Gasteiger partial charge < -0.3 is 15.0 Å². The van der Waals surface area contributed by atoms with E-state index in [1.54, 1.807) is 29.4 Å². The number of piperidine rings is 1. The first kappa shape index (κ1) is 17.3. The van der Waals surface area contributed by atoms with Crippen LogP contribution in [0.15, 0.2) is 54.9 Å². The Labute approximate surface area is 167 Å². The zero-order chi connectivity index (χ0) is 19.8. The Morgan fingerprint density at radius 3 is 3.00 bits per heavy atom. The van der Waals surface area contributed by atoms with Gasteiger partial charge in [0.2, 0.25) is 0 Å². The lowest BCUT2D eigenvalue weighted by molar-refractivity contribution is 0.0924. The quantitative estimate of drug-likeness (QED) is 0.653. The Kier molecular flexibility index (Phi) is 3.95. The number of nitrogens with one attached hydrogen (secondary N) is 2. The molecule has 1 saturated carbocycles. The van der Waals surface area contributed by atoms with Crippen LogP contribution in [0.2, 0.25) is 0 Å². The van der Waals surface area contributed by atoms with Crippen molar-refractivity contribution in [2.24, 2.45) is 5.92 Å². The number of ether oxygens (including phenoxy) is 1. The summed E-state index contributed by atoms with van der Waals surface area (Å²) in [5.41, 5.74) is 1.34. The first-order chi connectivity index (χ1) is 14.2. The number of carbonyl (C=O) groups is 1. The molecule has 1 aromatic carbocycles. The molecular weight excluding hydrogens is 368 g/mol. The van der Waals surface area contributed by atoms with Crippen LogP contribution in [0, 0.1) is 17.4 Å². The fourth-order valence-corrected chi connectivity index (χ4v) is 3.90. The second-order valence-electron chi connectivity index (χ2n) is 7.45. The summed E-state index contributed by atoms with van der Waals surface area (Å²) in [7, 11) is 0. The van der Waals surface area contributed by atoms with Gasteiger partial charge in [-0.2, -0.15) is 10.4 Å². The summed E-state index contributed by atoms with van der Waals surface area (Å²) in [5.74, 6) is 1.43. The number of aromatic amines is 1. The molecule has 1 saturated heterocycles. The van der Waals surface area contributed by atoms with Crippen molar-refractivity contribution in [2.45, 2.75) is 12.0 Å². The number of para-hydroxylation sites is 1. The molecule has 2 atom stereocenters. The molecular formula is C21H18N6O2. The van der Waals surface area contributed by atoms with Gasteiger partial charge in [0, 0.05) is 24.9 Å². The molecule has 2 fully saturated rings. The highest BCUT2D eigenvalue weighted by molar-refractivity contribution is 5.94. The Hall–Kier alpha value is -3.86. The van der Waals surface area contributed by atoms with Crippen molar-refractivity contribution in [3.8, 4) is 28.9 Å². The molecule has 2 aromatic heterocycles. The zero-order valence-electron chi connectivity index (χ0n) is 15.5. The van der Waals surface area contributed by atoms with E-state index in [0.29, 0.717) is 47.5 Å². The number of carbonyl (C=O) groups excluding carboxylic acids is 1. The third kappa shape index (κ3) is 3.17. The minimum atomic E-state index is -0.284. The highest BCUT2D eigenvalue weighted by Crippen LogP contribution is 2.49. The van der Waals surface area contributed by atoms with Crippen molar-refractivity contribution in [1.82, 2.24) is 25.4 Å². The van der Waals surface area contributed by atoms with Crippen LogP contribution < -0.4 is 10.1 Å². The monoisotopic (exact) mass is 386 g/mol. The maximum atomic E-state index is 12.7. The van der Waals surface area contributed by atoms with Crippen molar-refractivity contribution in [1.29, 1.82) is 5.26 Å². The second-order valence-corrected chi connectivity index (χ2v) is 7.45. The Bertz CT molecular complexity index is 1110. The van der Waals surface area contributed by atoms with E-state index in [9.17, 15) is 4.79 Å². The van der Waals surface area contributed by atoms with Gasteiger partial charge in [-0.3, -0.25) is 14.9 Å². The predicted octanol–water partition coefficient (Wildman–Crippen LogP) is 2.55. The summed E-state index contributed by atoms with van der Waals surface area (Å²) in [6.07, 6.45) is 6.38. The molecule has 0 radical (unpaired) electrons. The van der Waals surface area contributed by atoms with Gasteiger partial charge in [0.25, 0.3) is 5.91 Å². The number of hydrogen-bond acceptors (Lipinski definition) is 6. The van der Waals surface area contributed by atoms with Gasteiger partial charge in [0.05, 0.1) is 23.3 Å². The molecule has 0 spiro atoms. The molecule has 2 aliphatic rings. The van der Waals surface area contributed by atoms with Crippen LogP contribution in [0.4, 0.5) is 0 Å². The van der Waals surface area contributed by atoms with E-state index in [4.69, 9.17) is 10.00 Å². The lowest BCUT2D eigenvalue weighted by atomic mass is 10.1. The van der Waals surface area contributed by atoms with Crippen LogP contribution in [-0.2, 0) is 0 Å². The van der Waals surface area contributed by atoms with Crippen molar-refractivity contribution >= 4 is 5.91 Å². The number of benzene rings is 1. The van der Waals surface area contributed by atoms with Gasteiger partial charge in [-0.1, -0.05) is 18.2 Å². The number of nitriles is 1. The Morgan fingerprint density at radius 1 is 1.34 bits per heavy atom. The first-order valence-electron chi connectivity index (χ1n) is 9.37. The van der Waals surface area contributed by atoms with Crippen molar-refractivity contribution in [2.75, 3.05) is 13.1 Å². The van der Waals surface area contributed by atoms with Gasteiger partial charge in [0.15, 0.2) is 6.19 Å². The molecule has 3 aromatic rings. The van der Waals surface area contributed by atoms with E-state index >= 15 is 0 Å². The minimum absolute atomic E-state index is 0.222. The van der Waals surface area contributed by atoms with E-state index in [0.717, 1.165) is 6.42 Å². The third-order valence-electron chi connectivity index (χ3n) is 5.50. The molecule has 0 bridgehead atoms. The summed E-state index contributed by atoms with van der Waals surface area (Å²) in [6.45, 7) is 1.28.